The van der Waals surface area contributed by atoms with Crippen LogP contribution in [0.25, 0.3) is 0 Å². The molecule has 1 rings (SSSR count). The first-order valence-electron chi connectivity index (χ1n) is 3.67. The Hall–Kier alpha value is -1.51. The summed E-state index contributed by atoms with van der Waals surface area (Å²) < 4.78 is 4.66. The van der Waals surface area contributed by atoms with Gasteiger partial charge in [-0.15, -0.1) is 0 Å². The molecule has 3 heteroatoms. The van der Waals surface area contributed by atoms with Crippen LogP contribution in [0.15, 0.2) is 30.3 Å². The Labute approximate surface area is 71.1 Å². The van der Waals surface area contributed by atoms with Crippen LogP contribution in [0, 0.1) is 0 Å². The average Bonchev–Trinajstić information content (AvgIpc) is 2.05. The predicted molar refractivity (Wildman–Crippen MR) is 44.4 cm³/mol. The lowest BCUT2D eigenvalue weighted by molar-refractivity contribution is 0.115. The standard InChI is InChI=1S/C9H10NO2/c1-7(12-9(10)11)8-5-3-2-4-6-8/h2-7,10H,1H3. The summed E-state index contributed by atoms with van der Waals surface area (Å²) >= 11 is 0. The molecule has 63 valence electrons. The Morgan fingerprint density at radius 2 is 2.00 bits per heavy atom. The monoisotopic (exact) mass is 164 g/mol. The SMILES string of the molecule is CC(OC([NH])=O)c1ccccc1. The molecule has 0 bridgehead atoms. The van der Waals surface area contributed by atoms with Gasteiger partial charge in [0, 0.05) is 0 Å². The highest BCUT2D eigenvalue weighted by molar-refractivity contribution is 5.64. The van der Waals surface area contributed by atoms with Gasteiger partial charge in [-0.2, -0.15) is 0 Å². The van der Waals surface area contributed by atoms with Crippen molar-refractivity contribution in [3.63, 3.8) is 0 Å². The third kappa shape index (κ3) is 2.27. The Morgan fingerprint density at radius 1 is 1.42 bits per heavy atom. The summed E-state index contributed by atoms with van der Waals surface area (Å²) in [6.07, 6.45) is -1.33. The van der Waals surface area contributed by atoms with E-state index in [1.165, 1.54) is 0 Å². The smallest absolute Gasteiger partial charge is 0.426 e. The fraction of sp³-hybridized carbons (Fsp3) is 0.222. The maximum absolute atomic E-state index is 10.3. The summed E-state index contributed by atoms with van der Waals surface area (Å²) in [5.74, 6) is 0. The van der Waals surface area contributed by atoms with Gasteiger partial charge in [-0.3, -0.25) is 0 Å². The van der Waals surface area contributed by atoms with Crippen LogP contribution in [0.5, 0.6) is 0 Å². The van der Waals surface area contributed by atoms with E-state index in [9.17, 15) is 4.79 Å². The highest BCUT2D eigenvalue weighted by Crippen LogP contribution is 2.15. The molecule has 0 aliphatic rings. The number of hydrogen-bond acceptors (Lipinski definition) is 2. The first-order valence-corrected chi connectivity index (χ1v) is 3.67. The first-order chi connectivity index (χ1) is 5.70. The van der Waals surface area contributed by atoms with E-state index in [2.05, 4.69) is 4.74 Å². The molecule has 1 atom stereocenters. The number of carbonyl (C=O) groups is 1. The minimum Gasteiger partial charge on any atom is -0.440 e. The number of hydrogen-bond donors (Lipinski definition) is 0. The second-order valence-corrected chi connectivity index (χ2v) is 2.46. The Bertz CT molecular complexity index is 258. The number of ether oxygens (including phenoxy) is 1. The fourth-order valence-electron chi connectivity index (χ4n) is 0.953. The second-order valence-electron chi connectivity index (χ2n) is 2.46. The molecule has 3 nitrogen and oxygen atoms in total. The largest absolute Gasteiger partial charge is 0.440 e. The van der Waals surface area contributed by atoms with Crippen LogP contribution in [-0.4, -0.2) is 6.09 Å². The molecule has 0 saturated carbocycles. The summed E-state index contributed by atoms with van der Waals surface area (Å²) in [7, 11) is 0. The van der Waals surface area contributed by atoms with Crippen molar-refractivity contribution in [3.05, 3.63) is 35.9 Å². The van der Waals surface area contributed by atoms with Gasteiger partial charge < -0.3 is 4.74 Å². The van der Waals surface area contributed by atoms with Crippen LogP contribution in [0.1, 0.15) is 18.6 Å². The van der Waals surface area contributed by atoms with Crippen molar-refractivity contribution in [1.82, 2.24) is 5.73 Å². The molecular weight excluding hydrogens is 154 g/mol. The van der Waals surface area contributed by atoms with Crippen molar-refractivity contribution in [2.24, 2.45) is 0 Å². The number of benzene rings is 1. The van der Waals surface area contributed by atoms with Gasteiger partial charge in [0.05, 0.1) is 0 Å². The molecule has 0 aromatic heterocycles. The van der Waals surface area contributed by atoms with Gasteiger partial charge >= 0.3 is 6.09 Å². The van der Waals surface area contributed by atoms with Gasteiger partial charge in [-0.25, -0.2) is 10.5 Å². The van der Waals surface area contributed by atoms with Crippen molar-refractivity contribution in [2.75, 3.05) is 0 Å². The van der Waals surface area contributed by atoms with Gasteiger partial charge in [-0.05, 0) is 12.5 Å². The second kappa shape index (κ2) is 3.76. The van der Waals surface area contributed by atoms with Crippen molar-refractivity contribution in [2.45, 2.75) is 13.0 Å². The van der Waals surface area contributed by atoms with E-state index in [0.29, 0.717) is 0 Å². The van der Waals surface area contributed by atoms with Crippen LogP contribution >= 0.6 is 0 Å². The van der Waals surface area contributed by atoms with Gasteiger partial charge in [0.25, 0.3) is 0 Å². The molecule has 0 aliphatic heterocycles. The highest BCUT2D eigenvalue weighted by atomic mass is 16.6. The lowest BCUT2D eigenvalue weighted by Crippen LogP contribution is -2.06. The Kier molecular flexibility index (Phi) is 2.69. The fourth-order valence-corrected chi connectivity index (χ4v) is 0.953. The molecule has 1 unspecified atom stereocenters. The van der Waals surface area contributed by atoms with Crippen LogP contribution in [0.4, 0.5) is 4.79 Å². The van der Waals surface area contributed by atoms with Gasteiger partial charge in [0.15, 0.2) is 0 Å². The zero-order valence-electron chi connectivity index (χ0n) is 6.78. The van der Waals surface area contributed by atoms with Gasteiger partial charge in [0.2, 0.25) is 0 Å². The summed E-state index contributed by atoms with van der Waals surface area (Å²) in [5.41, 5.74) is 7.50. The van der Waals surface area contributed by atoms with E-state index in [1.54, 1.807) is 6.92 Å². The molecule has 0 fully saturated rings. The minimum atomic E-state index is -0.994. The summed E-state index contributed by atoms with van der Waals surface area (Å²) in [6, 6.07) is 9.33. The molecular formula is C9H10NO2. The van der Waals surface area contributed by atoms with E-state index in [1.807, 2.05) is 30.3 Å². The zero-order chi connectivity index (χ0) is 8.97. The van der Waals surface area contributed by atoms with Gasteiger partial charge in [0.1, 0.15) is 6.10 Å². The van der Waals surface area contributed by atoms with E-state index in [0.717, 1.165) is 5.56 Å². The molecule has 1 aromatic rings. The number of amides is 1. The summed E-state index contributed by atoms with van der Waals surface area (Å²) in [4.78, 5) is 10.3. The van der Waals surface area contributed by atoms with Crippen molar-refractivity contribution >= 4 is 6.09 Å². The molecule has 1 amide bonds. The molecule has 0 aliphatic carbocycles. The molecule has 0 saturated heterocycles. The van der Waals surface area contributed by atoms with Crippen LogP contribution < -0.4 is 5.73 Å². The zero-order valence-corrected chi connectivity index (χ0v) is 6.78. The van der Waals surface area contributed by atoms with Crippen molar-refractivity contribution in [1.29, 1.82) is 0 Å². The quantitative estimate of drug-likeness (QED) is 0.672. The molecule has 1 aromatic carbocycles. The average molecular weight is 164 g/mol. The highest BCUT2D eigenvalue weighted by Gasteiger charge is 2.07. The van der Waals surface area contributed by atoms with Crippen molar-refractivity contribution in [3.8, 4) is 0 Å². The van der Waals surface area contributed by atoms with Crippen LogP contribution in [-0.2, 0) is 4.74 Å². The third-order valence-electron chi connectivity index (χ3n) is 1.55. The summed E-state index contributed by atoms with van der Waals surface area (Å²) in [5, 5.41) is 0. The van der Waals surface area contributed by atoms with Crippen molar-refractivity contribution < 1.29 is 9.53 Å². The topological polar surface area (TPSA) is 50.1 Å². The maximum Gasteiger partial charge on any atom is 0.426 e. The van der Waals surface area contributed by atoms with E-state index in [4.69, 9.17) is 5.73 Å². The van der Waals surface area contributed by atoms with Crippen LogP contribution in [0.2, 0.25) is 0 Å². The number of nitrogens with one attached hydrogen (secondary N) is 1. The van der Waals surface area contributed by atoms with E-state index < -0.39 is 6.09 Å². The molecule has 0 spiro atoms. The Morgan fingerprint density at radius 3 is 2.50 bits per heavy atom. The molecule has 1 N–H and O–H groups in total. The molecule has 12 heavy (non-hydrogen) atoms. The normalized spacial score (nSPS) is 12.1. The predicted octanol–water partition coefficient (Wildman–Crippen LogP) is 2.17. The maximum atomic E-state index is 10.3. The lowest BCUT2D eigenvalue weighted by atomic mass is 10.1. The number of rotatable bonds is 2. The summed E-state index contributed by atoms with van der Waals surface area (Å²) in [6.45, 7) is 1.74. The van der Waals surface area contributed by atoms with E-state index >= 15 is 0 Å². The van der Waals surface area contributed by atoms with Gasteiger partial charge in [-0.1, -0.05) is 30.3 Å². The molecule has 0 heterocycles. The first kappa shape index (κ1) is 8.59. The lowest BCUT2D eigenvalue weighted by Gasteiger charge is -2.10. The Balaban J connectivity index is 2.65. The number of carbonyl (C=O) groups excluding carboxylic acids is 1. The molecule has 1 radical (unpaired) electrons. The third-order valence-corrected chi connectivity index (χ3v) is 1.55. The van der Waals surface area contributed by atoms with E-state index in [-0.39, 0.29) is 6.10 Å². The minimum absolute atomic E-state index is 0.337. The van der Waals surface area contributed by atoms with Crippen LogP contribution in [0.3, 0.4) is 0 Å².